The average molecular weight is 305 g/mol. The van der Waals surface area contributed by atoms with Gasteiger partial charge in [-0.05, 0) is 26.0 Å². The minimum absolute atomic E-state index is 0.105. The number of morpholine rings is 1. The van der Waals surface area contributed by atoms with Crippen molar-refractivity contribution in [3.8, 4) is 0 Å². The minimum Gasteiger partial charge on any atom is -0.372 e. The van der Waals surface area contributed by atoms with Crippen LogP contribution in [0.3, 0.4) is 0 Å². The van der Waals surface area contributed by atoms with E-state index in [9.17, 15) is 4.79 Å². The second-order valence-electron chi connectivity index (χ2n) is 5.40. The summed E-state index contributed by atoms with van der Waals surface area (Å²) in [6.07, 6.45) is 0.211. The predicted octanol–water partition coefficient (Wildman–Crippen LogP) is 2.29. The Hall–Kier alpha value is -1.53. The number of thioether (sulfide) groups is 1. The molecular weight excluding hydrogens is 286 g/mol. The summed E-state index contributed by atoms with van der Waals surface area (Å²) >= 11 is 1.45. The summed E-state index contributed by atoms with van der Waals surface area (Å²) in [5.74, 6) is 0.543. The van der Waals surface area contributed by atoms with E-state index in [4.69, 9.17) is 4.74 Å². The lowest BCUT2D eigenvalue weighted by Gasteiger charge is -2.35. The van der Waals surface area contributed by atoms with Crippen molar-refractivity contribution < 1.29 is 9.53 Å². The van der Waals surface area contributed by atoms with Crippen LogP contribution in [0, 0.1) is 0 Å². The number of nitrogens with zero attached hydrogens (tertiary/aromatic N) is 2. The molecular formula is C15H19N3O2S. The smallest absolute Gasteiger partial charge is 0.233 e. The number of imidazole rings is 1. The predicted molar refractivity (Wildman–Crippen MR) is 83.4 cm³/mol. The Morgan fingerprint density at radius 2 is 2.10 bits per heavy atom. The van der Waals surface area contributed by atoms with Gasteiger partial charge in [0.2, 0.25) is 5.91 Å². The van der Waals surface area contributed by atoms with Gasteiger partial charge in [-0.2, -0.15) is 0 Å². The molecule has 21 heavy (non-hydrogen) atoms. The molecule has 1 aromatic heterocycles. The lowest BCUT2D eigenvalue weighted by Crippen LogP contribution is -2.48. The first-order valence-corrected chi connectivity index (χ1v) is 8.11. The molecule has 0 unspecified atom stereocenters. The molecule has 3 rings (SSSR count). The van der Waals surface area contributed by atoms with Crippen molar-refractivity contribution in [2.45, 2.75) is 31.2 Å². The Bertz CT molecular complexity index is 600. The topological polar surface area (TPSA) is 58.2 Å². The number of hydrogen-bond donors (Lipinski definition) is 1. The molecule has 1 N–H and O–H groups in total. The van der Waals surface area contributed by atoms with Crippen LogP contribution in [0.2, 0.25) is 0 Å². The third kappa shape index (κ3) is 3.39. The maximum absolute atomic E-state index is 12.3. The zero-order chi connectivity index (χ0) is 14.8. The maximum Gasteiger partial charge on any atom is 0.233 e. The van der Waals surface area contributed by atoms with Gasteiger partial charge < -0.3 is 14.6 Å². The Morgan fingerprint density at radius 3 is 2.81 bits per heavy atom. The van der Waals surface area contributed by atoms with E-state index in [1.165, 1.54) is 11.8 Å². The normalized spacial score (nSPS) is 22.7. The molecule has 2 heterocycles. The molecule has 2 aromatic rings. The summed E-state index contributed by atoms with van der Waals surface area (Å²) in [5, 5.41) is 0.791. The highest BCUT2D eigenvalue weighted by Gasteiger charge is 2.25. The molecule has 0 aliphatic carbocycles. The standard InChI is InChI=1S/C15H19N3O2S/c1-10-7-18(8-11(2)20-10)14(19)9-21-15-16-12-5-3-4-6-13(12)17-15/h3-6,10-11H,7-9H2,1-2H3,(H,16,17)/t10-,11+. The highest BCUT2D eigenvalue weighted by molar-refractivity contribution is 7.99. The van der Waals surface area contributed by atoms with Crippen molar-refractivity contribution in [2.24, 2.45) is 0 Å². The first kappa shape index (κ1) is 14.4. The molecule has 1 aliphatic heterocycles. The molecule has 2 atom stereocenters. The van der Waals surface area contributed by atoms with Gasteiger partial charge in [-0.15, -0.1) is 0 Å². The van der Waals surface area contributed by atoms with E-state index in [2.05, 4.69) is 9.97 Å². The van der Waals surface area contributed by atoms with Crippen LogP contribution >= 0.6 is 11.8 Å². The Kier molecular flexibility index (Phi) is 4.17. The quantitative estimate of drug-likeness (QED) is 0.884. The molecule has 6 heteroatoms. The molecule has 1 saturated heterocycles. The molecule has 0 spiro atoms. The third-order valence-corrected chi connectivity index (χ3v) is 4.33. The Balaban J connectivity index is 1.60. The van der Waals surface area contributed by atoms with Crippen LogP contribution < -0.4 is 0 Å². The molecule has 1 amide bonds. The maximum atomic E-state index is 12.3. The van der Waals surface area contributed by atoms with Gasteiger partial charge in [0.05, 0.1) is 29.0 Å². The number of amides is 1. The first-order valence-electron chi connectivity index (χ1n) is 7.12. The molecule has 1 fully saturated rings. The minimum atomic E-state index is 0.105. The largest absolute Gasteiger partial charge is 0.372 e. The molecule has 0 saturated carbocycles. The van der Waals surface area contributed by atoms with Crippen molar-refractivity contribution >= 4 is 28.7 Å². The van der Waals surface area contributed by atoms with Gasteiger partial charge in [-0.3, -0.25) is 4.79 Å². The van der Waals surface area contributed by atoms with Gasteiger partial charge in [-0.1, -0.05) is 23.9 Å². The van der Waals surface area contributed by atoms with Crippen molar-refractivity contribution in [1.29, 1.82) is 0 Å². The first-order chi connectivity index (χ1) is 10.1. The van der Waals surface area contributed by atoms with E-state index in [1.807, 2.05) is 43.0 Å². The van der Waals surface area contributed by atoms with Crippen LogP contribution in [0.15, 0.2) is 29.4 Å². The lowest BCUT2D eigenvalue weighted by atomic mass is 10.2. The number of H-pyrrole nitrogens is 1. The summed E-state index contributed by atoms with van der Waals surface area (Å²) in [4.78, 5) is 21.9. The van der Waals surface area contributed by atoms with E-state index in [-0.39, 0.29) is 18.1 Å². The van der Waals surface area contributed by atoms with Crippen LogP contribution in [-0.2, 0) is 9.53 Å². The average Bonchev–Trinajstić information content (AvgIpc) is 2.86. The van der Waals surface area contributed by atoms with Crippen molar-refractivity contribution in [3.05, 3.63) is 24.3 Å². The summed E-state index contributed by atoms with van der Waals surface area (Å²) < 4.78 is 5.65. The highest BCUT2D eigenvalue weighted by atomic mass is 32.2. The second kappa shape index (κ2) is 6.07. The van der Waals surface area contributed by atoms with E-state index in [0.717, 1.165) is 16.2 Å². The highest BCUT2D eigenvalue weighted by Crippen LogP contribution is 2.20. The molecule has 1 aliphatic rings. The molecule has 0 bridgehead atoms. The number of benzene rings is 1. The number of carbonyl (C=O) groups is 1. The molecule has 0 radical (unpaired) electrons. The van der Waals surface area contributed by atoms with E-state index < -0.39 is 0 Å². The number of carbonyl (C=O) groups excluding carboxylic acids is 1. The van der Waals surface area contributed by atoms with Crippen LogP contribution in [0.1, 0.15) is 13.8 Å². The number of fused-ring (bicyclic) bond motifs is 1. The van der Waals surface area contributed by atoms with Crippen molar-refractivity contribution in [1.82, 2.24) is 14.9 Å². The molecule has 1 aromatic carbocycles. The third-order valence-electron chi connectivity index (χ3n) is 3.47. The van der Waals surface area contributed by atoms with Crippen LogP contribution in [-0.4, -0.2) is 51.8 Å². The van der Waals surface area contributed by atoms with E-state index >= 15 is 0 Å². The van der Waals surface area contributed by atoms with Gasteiger partial charge in [-0.25, -0.2) is 4.98 Å². The SMILES string of the molecule is C[C@@H]1CN(C(=O)CSc2nc3ccccc3[nH]2)C[C@H](C)O1. The van der Waals surface area contributed by atoms with Crippen molar-refractivity contribution in [2.75, 3.05) is 18.8 Å². The zero-order valence-corrected chi connectivity index (χ0v) is 13.0. The van der Waals surface area contributed by atoms with Gasteiger partial charge in [0.1, 0.15) is 0 Å². The number of para-hydroxylation sites is 2. The lowest BCUT2D eigenvalue weighted by molar-refractivity contribution is -0.140. The number of nitrogens with one attached hydrogen (secondary N) is 1. The van der Waals surface area contributed by atoms with Crippen LogP contribution in [0.4, 0.5) is 0 Å². The summed E-state index contributed by atoms with van der Waals surface area (Å²) in [7, 11) is 0. The summed E-state index contributed by atoms with van der Waals surface area (Å²) in [6.45, 7) is 5.35. The fourth-order valence-electron chi connectivity index (χ4n) is 2.60. The van der Waals surface area contributed by atoms with Crippen LogP contribution in [0.25, 0.3) is 11.0 Å². The Labute approximate surface area is 128 Å². The van der Waals surface area contributed by atoms with E-state index in [0.29, 0.717) is 18.8 Å². The number of rotatable bonds is 3. The fourth-order valence-corrected chi connectivity index (χ4v) is 3.39. The van der Waals surface area contributed by atoms with Gasteiger partial charge >= 0.3 is 0 Å². The van der Waals surface area contributed by atoms with Crippen LogP contribution in [0.5, 0.6) is 0 Å². The number of hydrogen-bond acceptors (Lipinski definition) is 4. The number of aromatic amines is 1. The zero-order valence-electron chi connectivity index (χ0n) is 12.2. The van der Waals surface area contributed by atoms with Gasteiger partial charge in [0, 0.05) is 13.1 Å². The number of ether oxygens (including phenoxy) is 1. The number of aromatic nitrogens is 2. The monoisotopic (exact) mass is 305 g/mol. The van der Waals surface area contributed by atoms with Gasteiger partial charge in [0.15, 0.2) is 5.16 Å². The van der Waals surface area contributed by atoms with Crippen molar-refractivity contribution in [3.63, 3.8) is 0 Å². The summed E-state index contributed by atoms with van der Waals surface area (Å²) in [5.41, 5.74) is 1.93. The molecule has 5 nitrogen and oxygen atoms in total. The van der Waals surface area contributed by atoms with E-state index in [1.54, 1.807) is 0 Å². The Morgan fingerprint density at radius 1 is 1.38 bits per heavy atom. The van der Waals surface area contributed by atoms with Gasteiger partial charge in [0.25, 0.3) is 0 Å². The summed E-state index contributed by atoms with van der Waals surface area (Å²) in [6, 6.07) is 7.87. The second-order valence-corrected chi connectivity index (χ2v) is 6.37. The fraction of sp³-hybridized carbons (Fsp3) is 0.467. The molecule has 112 valence electrons.